The lowest BCUT2D eigenvalue weighted by Gasteiger charge is -2.09. The van der Waals surface area contributed by atoms with Crippen molar-refractivity contribution in [2.45, 2.75) is 27.2 Å². The van der Waals surface area contributed by atoms with Gasteiger partial charge in [-0.25, -0.2) is 0 Å². The zero-order valence-corrected chi connectivity index (χ0v) is 11.5. The number of allylic oxidation sites excluding steroid dienone is 1. The standard InChI is InChI=1S/C18H20/c1-13-5-8-17(9-6-13)11-16(4)18-10-7-14(2)15(3)12-18/h5-10,12H,4,11H2,1-3H3. The molecule has 0 bridgehead atoms. The van der Waals surface area contributed by atoms with Crippen molar-refractivity contribution in [2.24, 2.45) is 0 Å². The van der Waals surface area contributed by atoms with Crippen LogP contribution >= 0.6 is 0 Å². The van der Waals surface area contributed by atoms with Crippen molar-refractivity contribution < 1.29 is 0 Å². The Bertz CT molecular complexity index is 559. The highest BCUT2D eigenvalue weighted by Crippen LogP contribution is 2.20. The summed E-state index contributed by atoms with van der Waals surface area (Å²) in [5.74, 6) is 0. The van der Waals surface area contributed by atoms with Gasteiger partial charge in [-0.3, -0.25) is 0 Å². The third-order valence-corrected chi connectivity index (χ3v) is 3.45. The van der Waals surface area contributed by atoms with E-state index in [1.807, 2.05) is 0 Å². The first kappa shape index (κ1) is 12.6. The Kier molecular flexibility index (Phi) is 3.66. The van der Waals surface area contributed by atoms with E-state index in [4.69, 9.17) is 0 Å². The molecule has 0 nitrogen and oxygen atoms in total. The summed E-state index contributed by atoms with van der Waals surface area (Å²) in [5, 5.41) is 0. The van der Waals surface area contributed by atoms with E-state index < -0.39 is 0 Å². The second-order valence-corrected chi connectivity index (χ2v) is 5.06. The van der Waals surface area contributed by atoms with Crippen molar-refractivity contribution in [3.8, 4) is 0 Å². The van der Waals surface area contributed by atoms with Gasteiger partial charge in [0.1, 0.15) is 0 Å². The molecule has 92 valence electrons. The van der Waals surface area contributed by atoms with Gasteiger partial charge in [0.25, 0.3) is 0 Å². The summed E-state index contributed by atoms with van der Waals surface area (Å²) in [6.45, 7) is 10.6. The van der Waals surface area contributed by atoms with Crippen LogP contribution in [0.1, 0.15) is 27.8 Å². The monoisotopic (exact) mass is 236 g/mol. The minimum atomic E-state index is 0.919. The molecule has 0 atom stereocenters. The molecule has 0 spiro atoms. The summed E-state index contributed by atoms with van der Waals surface area (Å²) in [7, 11) is 0. The molecule has 0 heteroatoms. The van der Waals surface area contributed by atoms with Gasteiger partial charge >= 0.3 is 0 Å². The Morgan fingerprint density at radius 3 is 2.17 bits per heavy atom. The molecule has 0 fully saturated rings. The van der Waals surface area contributed by atoms with Gasteiger partial charge < -0.3 is 0 Å². The Labute approximate surface area is 110 Å². The zero-order valence-electron chi connectivity index (χ0n) is 11.5. The molecule has 2 aromatic rings. The van der Waals surface area contributed by atoms with Crippen molar-refractivity contribution in [1.29, 1.82) is 0 Å². The van der Waals surface area contributed by atoms with Crippen LogP contribution in [0.15, 0.2) is 49.0 Å². The van der Waals surface area contributed by atoms with E-state index in [0.29, 0.717) is 0 Å². The van der Waals surface area contributed by atoms with Crippen molar-refractivity contribution in [3.63, 3.8) is 0 Å². The molecule has 0 aromatic heterocycles. The van der Waals surface area contributed by atoms with Crippen LogP contribution in [0, 0.1) is 20.8 Å². The van der Waals surface area contributed by atoms with Gasteiger partial charge in [0.2, 0.25) is 0 Å². The third kappa shape index (κ3) is 2.89. The Balaban J connectivity index is 2.16. The minimum absolute atomic E-state index is 0.919. The lowest BCUT2D eigenvalue weighted by atomic mass is 9.96. The summed E-state index contributed by atoms with van der Waals surface area (Å²) in [5.41, 5.74) is 7.72. The number of hydrogen-bond donors (Lipinski definition) is 0. The van der Waals surface area contributed by atoms with Gasteiger partial charge in [0, 0.05) is 0 Å². The average molecular weight is 236 g/mol. The van der Waals surface area contributed by atoms with Crippen LogP contribution in [0.2, 0.25) is 0 Å². The molecule has 0 amide bonds. The molecule has 0 aliphatic carbocycles. The predicted octanol–water partition coefficient (Wildman–Crippen LogP) is 4.87. The smallest absolute Gasteiger partial charge is 0.00257 e. The summed E-state index contributed by atoms with van der Waals surface area (Å²) < 4.78 is 0. The van der Waals surface area contributed by atoms with Gasteiger partial charge in [-0.1, -0.05) is 54.6 Å². The molecule has 2 aromatic carbocycles. The normalized spacial score (nSPS) is 10.4. The van der Waals surface area contributed by atoms with E-state index in [2.05, 4.69) is 69.8 Å². The maximum atomic E-state index is 4.21. The topological polar surface area (TPSA) is 0 Å². The molecule has 2 rings (SSSR count). The Morgan fingerprint density at radius 1 is 0.889 bits per heavy atom. The van der Waals surface area contributed by atoms with Gasteiger partial charge in [0.05, 0.1) is 0 Å². The Morgan fingerprint density at radius 2 is 1.56 bits per heavy atom. The Hall–Kier alpha value is -1.82. The molecule has 0 saturated carbocycles. The molecule has 0 N–H and O–H groups in total. The summed E-state index contributed by atoms with van der Waals surface area (Å²) in [6, 6.07) is 15.2. The highest BCUT2D eigenvalue weighted by Gasteiger charge is 2.02. The molecule has 0 heterocycles. The van der Waals surface area contributed by atoms with E-state index in [1.54, 1.807) is 0 Å². The van der Waals surface area contributed by atoms with Crippen LogP contribution in [0.25, 0.3) is 5.57 Å². The maximum absolute atomic E-state index is 4.21. The zero-order chi connectivity index (χ0) is 13.1. The van der Waals surface area contributed by atoms with Crippen LogP contribution in [0.5, 0.6) is 0 Å². The number of aryl methyl sites for hydroxylation is 3. The van der Waals surface area contributed by atoms with Crippen LogP contribution in [-0.4, -0.2) is 0 Å². The first-order valence-corrected chi connectivity index (χ1v) is 6.37. The lowest BCUT2D eigenvalue weighted by molar-refractivity contribution is 1.25. The van der Waals surface area contributed by atoms with Gasteiger partial charge in [0.15, 0.2) is 0 Å². The molecule has 0 radical (unpaired) electrons. The SMILES string of the molecule is C=C(Cc1ccc(C)cc1)c1ccc(C)c(C)c1. The lowest BCUT2D eigenvalue weighted by Crippen LogP contribution is -1.91. The largest absolute Gasteiger partial charge is 0.0949 e. The highest BCUT2D eigenvalue weighted by molar-refractivity contribution is 5.66. The summed E-state index contributed by atoms with van der Waals surface area (Å²) >= 11 is 0. The first-order valence-electron chi connectivity index (χ1n) is 6.37. The second kappa shape index (κ2) is 5.22. The van der Waals surface area contributed by atoms with Crippen molar-refractivity contribution in [1.82, 2.24) is 0 Å². The minimum Gasteiger partial charge on any atom is -0.0949 e. The van der Waals surface area contributed by atoms with Crippen LogP contribution in [0.4, 0.5) is 0 Å². The summed E-state index contributed by atoms with van der Waals surface area (Å²) in [4.78, 5) is 0. The summed E-state index contributed by atoms with van der Waals surface area (Å²) in [6.07, 6.45) is 0.919. The second-order valence-electron chi connectivity index (χ2n) is 5.06. The van der Waals surface area contributed by atoms with Crippen LogP contribution < -0.4 is 0 Å². The molecule has 0 saturated heterocycles. The van der Waals surface area contributed by atoms with E-state index in [9.17, 15) is 0 Å². The number of hydrogen-bond acceptors (Lipinski definition) is 0. The molecular weight excluding hydrogens is 216 g/mol. The van der Waals surface area contributed by atoms with E-state index in [1.165, 1.54) is 33.4 Å². The van der Waals surface area contributed by atoms with Gasteiger partial charge in [-0.2, -0.15) is 0 Å². The highest BCUT2D eigenvalue weighted by atomic mass is 14.1. The predicted molar refractivity (Wildman–Crippen MR) is 79.8 cm³/mol. The van der Waals surface area contributed by atoms with Gasteiger partial charge in [-0.15, -0.1) is 0 Å². The fourth-order valence-corrected chi connectivity index (χ4v) is 2.02. The fourth-order valence-electron chi connectivity index (χ4n) is 2.02. The number of rotatable bonds is 3. The maximum Gasteiger partial charge on any atom is -0.00257 e. The third-order valence-electron chi connectivity index (χ3n) is 3.45. The van der Waals surface area contributed by atoms with E-state index in [0.717, 1.165) is 6.42 Å². The fraction of sp³-hybridized carbons (Fsp3) is 0.222. The molecular formula is C18H20. The van der Waals surface area contributed by atoms with Crippen molar-refractivity contribution in [3.05, 3.63) is 76.9 Å². The molecule has 0 unspecified atom stereocenters. The molecule has 0 aliphatic heterocycles. The van der Waals surface area contributed by atoms with E-state index >= 15 is 0 Å². The first-order chi connectivity index (χ1) is 8.56. The van der Waals surface area contributed by atoms with Crippen LogP contribution in [0.3, 0.4) is 0 Å². The molecule has 0 aliphatic rings. The van der Waals surface area contributed by atoms with E-state index in [-0.39, 0.29) is 0 Å². The molecule has 18 heavy (non-hydrogen) atoms. The van der Waals surface area contributed by atoms with Crippen molar-refractivity contribution >= 4 is 5.57 Å². The van der Waals surface area contributed by atoms with Crippen LogP contribution in [-0.2, 0) is 6.42 Å². The quantitative estimate of drug-likeness (QED) is 0.713. The van der Waals surface area contributed by atoms with Gasteiger partial charge in [-0.05, 0) is 55.0 Å². The van der Waals surface area contributed by atoms with Crippen molar-refractivity contribution in [2.75, 3.05) is 0 Å². The number of benzene rings is 2. The average Bonchev–Trinajstić information content (AvgIpc) is 2.35.